The fourth-order valence-corrected chi connectivity index (χ4v) is 1.31. The molecule has 1 saturated heterocycles. The van der Waals surface area contributed by atoms with Crippen LogP contribution in [0.15, 0.2) is 0 Å². The molecule has 0 aliphatic carbocycles. The second-order valence-electron chi connectivity index (χ2n) is 3.31. The highest BCUT2D eigenvalue weighted by Crippen LogP contribution is 2.37. The monoisotopic (exact) mass is 158 g/mol. The summed E-state index contributed by atoms with van der Waals surface area (Å²) in [5.41, 5.74) is -0.615. The van der Waals surface area contributed by atoms with Gasteiger partial charge in [0.2, 0.25) is 0 Å². The van der Waals surface area contributed by atoms with Crippen LogP contribution in [0, 0.1) is 5.41 Å². The third-order valence-corrected chi connectivity index (χ3v) is 2.33. The van der Waals surface area contributed by atoms with Gasteiger partial charge in [0.05, 0.1) is 12.7 Å². The number of carboxylic acid groups (broad SMARTS) is 1. The fourth-order valence-electron chi connectivity index (χ4n) is 1.31. The molecule has 64 valence electrons. The smallest absolute Gasteiger partial charge is 0.314 e. The van der Waals surface area contributed by atoms with Gasteiger partial charge in [-0.05, 0) is 13.3 Å². The number of carboxylic acids is 1. The summed E-state index contributed by atoms with van der Waals surface area (Å²) in [5.74, 6) is -0.734. The number of hydrogen-bond donors (Lipinski definition) is 1. The second-order valence-corrected chi connectivity index (χ2v) is 3.31. The van der Waals surface area contributed by atoms with Gasteiger partial charge in [0.1, 0.15) is 5.41 Å². The lowest BCUT2D eigenvalue weighted by atomic mass is 9.78. The highest BCUT2D eigenvalue weighted by atomic mass is 16.5. The molecule has 0 aromatic rings. The lowest BCUT2D eigenvalue weighted by Crippen LogP contribution is -2.54. The molecule has 3 heteroatoms. The molecular formula is C8H14O3. The summed E-state index contributed by atoms with van der Waals surface area (Å²) in [4.78, 5) is 10.7. The van der Waals surface area contributed by atoms with Crippen molar-refractivity contribution in [3.05, 3.63) is 0 Å². The Balaban J connectivity index is 2.52. The summed E-state index contributed by atoms with van der Waals surface area (Å²) in [6.07, 6.45) is 1.76. The standard InChI is InChI=1S/C8H14O3/c1-3-4-6-8(2,5-11-6)7(9)10/h6H,3-5H2,1-2H3,(H,9,10). The normalized spacial score (nSPS) is 36.4. The third-order valence-electron chi connectivity index (χ3n) is 2.33. The maximum Gasteiger partial charge on any atom is 0.314 e. The number of rotatable bonds is 3. The molecule has 2 unspecified atom stereocenters. The van der Waals surface area contributed by atoms with Gasteiger partial charge in [-0.25, -0.2) is 0 Å². The van der Waals surface area contributed by atoms with E-state index in [-0.39, 0.29) is 6.10 Å². The maximum atomic E-state index is 10.7. The van der Waals surface area contributed by atoms with Crippen LogP contribution in [-0.4, -0.2) is 23.8 Å². The van der Waals surface area contributed by atoms with E-state index in [9.17, 15) is 4.79 Å². The minimum atomic E-state index is -0.734. The molecule has 0 saturated carbocycles. The molecule has 0 radical (unpaired) electrons. The first-order chi connectivity index (χ1) is 5.11. The van der Waals surface area contributed by atoms with Gasteiger partial charge in [0, 0.05) is 0 Å². The topological polar surface area (TPSA) is 46.5 Å². The van der Waals surface area contributed by atoms with Gasteiger partial charge in [-0.2, -0.15) is 0 Å². The van der Waals surface area contributed by atoms with Crippen LogP contribution >= 0.6 is 0 Å². The first kappa shape index (κ1) is 8.53. The van der Waals surface area contributed by atoms with Crippen LogP contribution in [0.4, 0.5) is 0 Å². The van der Waals surface area contributed by atoms with Crippen molar-refractivity contribution in [3.63, 3.8) is 0 Å². The van der Waals surface area contributed by atoms with E-state index in [0.29, 0.717) is 6.61 Å². The molecule has 0 bridgehead atoms. The van der Waals surface area contributed by atoms with E-state index in [1.807, 2.05) is 6.92 Å². The lowest BCUT2D eigenvalue weighted by molar-refractivity contribution is -0.205. The summed E-state index contributed by atoms with van der Waals surface area (Å²) >= 11 is 0. The number of hydrogen-bond acceptors (Lipinski definition) is 2. The molecule has 0 spiro atoms. The van der Waals surface area contributed by atoms with Gasteiger partial charge < -0.3 is 9.84 Å². The second kappa shape index (κ2) is 2.81. The van der Waals surface area contributed by atoms with Crippen LogP contribution in [-0.2, 0) is 9.53 Å². The van der Waals surface area contributed by atoms with E-state index in [1.54, 1.807) is 6.92 Å². The molecule has 3 nitrogen and oxygen atoms in total. The van der Waals surface area contributed by atoms with Crippen molar-refractivity contribution in [3.8, 4) is 0 Å². The SMILES string of the molecule is CCCC1OCC1(C)C(=O)O. The van der Waals surface area contributed by atoms with Crippen molar-refractivity contribution in [2.24, 2.45) is 5.41 Å². The average Bonchev–Trinajstić information content (AvgIpc) is 1.96. The highest BCUT2D eigenvalue weighted by Gasteiger charge is 2.50. The van der Waals surface area contributed by atoms with E-state index in [2.05, 4.69) is 0 Å². The Morgan fingerprint density at radius 1 is 1.82 bits per heavy atom. The van der Waals surface area contributed by atoms with Crippen molar-refractivity contribution in [1.29, 1.82) is 0 Å². The van der Waals surface area contributed by atoms with Crippen LogP contribution in [0.3, 0.4) is 0 Å². The van der Waals surface area contributed by atoms with Crippen LogP contribution < -0.4 is 0 Å². The summed E-state index contributed by atoms with van der Waals surface area (Å²) < 4.78 is 5.17. The van der Waals surface area contributed by atoms with E-state index in [4.69, 9.17) is 9.84 Å². The van der Waals surface area contributed by atoms with Crippen molar-refractivity contribution >= 4 is 5.97 Å². The van der Waals surface area contributed by atoms with E-state index >= 15 is 0 Å². The molecule has 1 rings (SSSR count). The van der Waals surface area contributed by atoms with Crippen molar-refractivity contribution in [2.75, 3.05) is 6.61 Å². The van der Waals surface area contributed by atoms with Crippen molar-refractivity contribution in [2.45, 2.75) is 32.8 Å². The van der Waals surface area contributed by atoms with Crippen LogP contribution in [0.25, 0.3) is 0 Å². The van der Waals surface area contributed by atoms with Gasteiger partial charge in [-0.3, -0.25) is 4.79 Å². The van der Waals surface area contributed by atoms with E-state index in [0.717, 1.165) is 12.8 Å². The largest absolute Gasteiger partial charge is 0.481 e. The summed E-state index contributed by atoms with van der Waals surface area (Å²) in [7, 11) is 0. The van der Waals surface area contributed by atoms with Crippen molar-refractivity contribution in [1.82, 2.24) is 0 Å². The molecule has 0 amide bonds. The zero-order valence-corrected chi connectivity index (χ0v) is 6.96. The highest BCUT2D eigenvalue weighted by molar-refractivity contribution is 5.76. The molecule has 0 aromatic carbocycles. The molecule has 2 atom stereocenters. The van der Waals surface area contributed by atoms with Gasteiger partial charge in [-0.15, -0.1) is 0 Å². The van der Waals surface area contributed by atoms with Crippen molar-refractivity contribution < 1.29 is 14.6 Å². The van der Waals surface area contributed by atoms with Gasteiger partial charge >= 0.3 is 5.97 Å². The number of aliphatic carboxylic acids is 1. The Labute approximate surface area is 66.4 Å². The number of carbonyl (C=O) groups is 1. The van der Waals surface area contributed by atoms with Crippen LogP contribution in [0.2, 0.25) is 0 Å². The molecule has 1 aliphatic heterocycles. The first-order valence-electron chi connectivity index (χ1n) is 3.96. The fraction of sp³-hybridized carbons (Fsp3) is 0.875. The van der Waals surface area contributed by atoms with Gasteiger partial charge in [0.15, 0.2) is 0 Å². The molecular weight excluding hydrogens is 144 g/mol. The minimum absolute atomic E-state index is 0.0648. The zero-order chi connectivity index (χ0) is 8.48. The molecule has 1 N–H and O–H groups in total. The van der Waals surface area contributed by atoms with Gasteiger partial charge in [0.25, 0.3) is 0 Å². The van der Waals surface area contributed by atoms with E-state index in [1.165, 1.54) is 0 Å². The molecule has 1 heterocycles. The Bertz CT molecular complexity index is 167. The summed E-state index contributed by atoms with van der Waals surface area (Å²) in [6, 6.07) is 0. The Morgan fingerprint density at radius 3 is 2.73 bits per heavy atom. The summed E-state index contributed by atoms with van der Waals surface area (Å²) in [6.45, 7) is 4.15. The van der Waals surface area contributed by atoms with Gasteiger partial charge in [-0.1, -0.05) is 13.3 Å². The quantitative estimate of drug-likeness (QED) is 0.673. The number of ether oxygens (including phenoxy) is 1. The Kier molecular flexibility index (Phi) is 2.18. The lowest BCUT2D eigenvalue weighted by Gasteiger charge is -2.43. The zero-order valence-electron chi connectivity index (χ0n) is 6.96. The average molecular weight is 158 g/mol. The Hall–Kier alpha value is -0.570. The minimum Gasteiger partial charge on any atom is -0.481 e. The predicted octanol–water partition coefficient (Wildman–Crippen LogP) is 1.28. The third kappa shape index (κ3) is 1.25. The molecule has 11 heavy (non-hydrogen) atoms. The molecule has 1 aliphatic rings. The van der Waals surface area contributed by atoms with Crippen LogP contribution in [0.1, 0.15) is 26.7 Å². The van der Waals surface area contributed by atoms with Crippen LogP contribution in [0.5, 0.6) is 0 Å². The Morgan fingerprint density at radius 2 is 2.45 bits per heavy atom. The predicted molar refractivity (Wildman–Crippen MR) is 40.4 cm³/mol. The summed E-state index contributed by atoms with van der Waals surface area (Å²) in [5, 5.41) is 8.81. The molecule has 1 fully saturated rings. The molecule has 0 aromatic heterocycles. The van der Waals surface area contributed by atoms with E-state index < -0.39 is 11.4 Å². The first-order valence-corrected chi connectivity index (χ1v) is 3.96. The maximum absolute atomic E-state index is 10.7.